The van der Waals surface area contributed by atoms with Crippen molar-refractivity contribution in [2.24, 2.45) is 0 Å². The van der Waals surface area contributed by atoms with E-state index in [1.807, 2.05) is 43.2 Å². The van der Waals surface area contributed by atoms with Crippen LogP contribution >= 0.6 is 0 Å². The molecule has 0 unspecified atom stereocenters. The summed E-state index contributed by atoms with van der Waals surface area (Å²) in [5.74, 6) is -3.44. The Balaban J connectivity index is 1.16. The van der Waals surface area contributed by atoms with Crippen molar-refractivity contribution in [3.63, 3.8) is 0 Å². The van der Waals surface area contributed by atoms with Gasteiger partial charge in [0.05, 0.1) is 40.0 Å². The van der Waals surface area contributed by atoms with Gasteiger partial charge in [-0.3, -0.25) is 19.5 Å². The summed E-state index contributed by atoms with van der Waals surface area (Å²) in [6, 6.07) is 4.56. The van der Waals surface area contributed by atoms with E-state index >= 15 is 8.78 Å². The number of amides is 2. The topological polar surface area (TPSA) is 108 Å². The molecule has 4 aromatic rings. The average molecular weight is 765 g/mol. The highest BCUT2D eigenvalue weighted by molar-refractivity contribution is 6.08. The summed E-state index contributed by atoms with van der Waals surface area (Å²) in [5, 5.41) is 5.23. The molecule has 3 aromatic heterocycles. The Morgan fingerprint density at radius 1 is 1.00 bits per heavy atom. The standard InChI is InChI=1S/C40H45F5N8O2/c1-20(2)52-19-47-28-15-26(48-34(32(28)52)49-27-14-25(21(3)30(42)31(27)43)35(54)50-40(9-10-40)36(44)45)22-13-29-33(46-18-22)38(4,5)37(55)53(29)24-16-39(6,17-24)51-11-7-23(41)8-12-51/h13-15,18-20,23-24,36H,7-12,16-17H2,1-6H3,(H,48,49)(H,50,54)/t24-,39+. The Kier molecular flexibility index (Phi) is 8.78. The van der Waals surface area contributed by atoms with E-state index in [9.17, 15) is 22.8 Å². The molecule has 2 aliphatic carbocycles. The van der Waals surface area contributed by atoms with E-state index in [0.29, 0.717) is 59.6 Å². The molecule has 55 heavy (non-hydrogen) atoms. The van der Waals surface area contributed by atoms with Crippen molar-refractivity contribution in [1.29, 1.82) is 0 Å². The van der Waals surface area contributed by atoms with Gasteiger partial charge >= 0.3 is 0 Å². The van der Waals surface area contributed by atoms with Crippen LogP contribution in [0.5, 0.6) is 0 Å². The van der Waals surface area contributed by atoms with Crippen LogP contribution < -0.4 is 15.5 Å². The molecule has 0 atom stereocenters. The molecule has 4 aliphatic rings. The zero-order valence-electron chi connectivity index (χ0n) is 31.7. The lowest BCUT2D eigenvalue weighted by Crippen LogP contribution is -2.64. The Bertz CT molecular complexity index is 2220. The zero-order valence-corrected chi connectivity index (χ0v) is 31.7. The SMILES string of the molecule is Cc1c(C(=O)NC2(C(F)F)CC2)cc(Nc2nc(-c3cnc4c(c3)N([C@H]3C[C@@](C)(N5CCC(F)CC5)C3)C(=O)C4(C)C)cc3ncn(C(C)C)c23)c(F)c1F. The number of nitrogens with one attached hydrogen (secondary N) is 2. The van der Waals surface area contributed by atoms with Crippen LogP contribution in [0.3, 0.4) is 0 Å². The second kappa shape index (κ2) is 13.0. The second-order valence-electron chi connectivity index (χ2n) is 16.8. The van der Waals surface area contributed by atoms with Gasteiger partial charge in [-0.2, -0.15) is 0 Å². The fourth-order valence-corrected chi connectivity index (χ4v) is 8.60. The number of alkyl halides is 3. The molecule has 2 amide bonds. The number of fused-ring (bicyclic) bond motifs is 2. The Labute approximate surface area is 315 Å². The number of likely N-dealkylation sites (tertiary alicyclic amines) is 1. The molecule has 2 N–H and O–H groups in total. The zero-order chi connectivity index (χ0) is 39.4. The number of carbonyl (C=O) groups excluding carboxylic acids is 2. The first kappa shape index (κ1) is 37.3. The predicted molar refractivity (Wildman–Crippen MR) is 199 cm³/mol. The van der Waals surface area contributed by atoms with E-state index in [1.165, 1.54) is 6.92 Å². The lowest BCUT2D eigenvalue weighted by Gasteiger charge is -2.56. The maximum absolute atomic E-state index is 15.7. The average Bonchev–Trinajstić information content (AvgIpc) is 3.73. The molecule has 3 fully saturated rings. The number of halogens is 5. The van der Waals surface area contributed by atoms with Crippen LogP contribution in [0.25, 0.3) is 22.3 Å². The van der Waals surface area contributed by atoms with Crippen LogP contribution in [0.15, 0.2) is 30.7 Å². The summed E-state index contributed by atoms with van der Waals surface area (Å²) >= 11 is 0. The third-order valence-corrected chi connectivity index (χ3v) is 12.3. The fraction of sp³-hybridized carbons (Fsp3) is 0.525. The second-order valence-corrected chi connectivity index (χ2v) is 16.8. The van der Waals surface area contributed by atoms with Crippen LogP contribution in [0.4, 0.5) is 39.1 Å². The molecule has 1 aromatic carbocycles. The lowest BCUT2D eigenvalue weighted by molar-refractivity contribution is -0.124. The van der Waals surface area contributed by atoms with Crippen molar-refractivity contribution in [3.05, 3.63) is 59.2 Å². The fourth-order valence-electron chi connectivity index (χ4n) is 8.60. The first-order valence-corrected chi connectivity index (χ1v) is 18.9. The van der Waals surface area contributed by atoms with Crippen LogP contribution in [0, 0.1) is 18.6 Å². The van der Waals surface area contributed by atoms with Gasteiger partial charge in [0.2, 0.25) is 5.91 Å². The summed E-state index contributed by atoms with van der Waals surface area (Å²) in [5.41, 5.74) is -0.477. The molecule has 0 radical (unpaired) electrons. The third-order valence-electron chi connectivity index (χ3n) is 12.3. The quantitative estimate of drug-likeness (QED) is 0.167. The van der Waals surface area contributed by atoms with Gasteiger partial charge in [-0.1, -0.05) is 0 Å². The maximum atomic E-state index is 15.7. The smallest absolute Gasteiger partial charge is 0.261 e. The highest BCUT2D eigenvalue weighted by Gasteiger charge is 2.55. The summed E-state index contributed by atoms with van der Waals surface area (Å²) in [6.07, 6.45) is 2.34. The number of hydrogen-bond donors (Lipinski definition) is 2. The molecule has 8 rings (SSSR count). The van der Waals surface area contributed by atoms with Crippen molar-refractivity contribution >= 4 is 40.0 Å². The summed E-state index contributed by atoms with van der Waals surface area (Å²) < 4.78 is 74.2. The van der Waals surface area contributed by atoms with Gasteiger partial charge in [0.15, 0.2) is 17.5 Å². The van der Waals surface area contributed by atoms with E-state index in [4.69, 9.17) is 9.97 Å². The summed E-state index contributed by atoms with van der Waals surface area (Å²) in [7, 11) is 0. The van der Waals surface area contributed by atoms with Gasteiger partial charge < -0.3 is 20.1 Å². The predicted octanol–water partition coefficient (Wildman–Crippen LogP) is 7.91. The van der Waals surface area contributed by atoms with E-state index < -0.39 is 46.8 Å². The number of carbonyl (C=O) groups is 2. The molecule has 292 valence electrons. The monoisotopic (exact) mass is 764 g/mol. The van der Waals surface area contributed by atoms with Crippen LogP contribution in [0.1, 0.15) is 101 Å². The van der Waals surface area contributed by atoms with Gasteiger partial charge in [0.25, 0.3) is 12.3 Å². The summed E-state index contributed by atoms with van der Waals surface area (Å²) in [4.78, 5) is 45.7. The minimum Gasteiger partial charge on any atom is -0.341 e. The number of nitrogens with zero attached hydrogens (tertiary/aromatic N) is 6. The van der Waals surface area contributed by atoms with Crippen LogP contribution in [0.2, 0.25) is 0 Å². The van der Waals surface area contributed by atoms with Crippen LogP contribution in [-0.4, -0.2) is 79.0 Å². The number of imidazole rings is 1. The van der Waals surface area contributed by atoms with Gasteiger partial charge in [0, 0.05) is 53.6 Å². The number of anilines is 3. The Hall–Kier alpha value is -4.66. The molecular weight excluding hydrogens is 719 g/mol. The van der Waals surface area contributed by atoms with E-state index in [0.717, 1.165) is 18.9 Å². The number of pyridine rings is 2. The van der Waals surface area contributed by atoms with Crippen molar-refractivity contribution in [1.82, 2.24) is 29.7 Å². The molecule has 1 saturated heterocycles. The van der Waals surface area contributed by atoms with E-state index in [-0.39, 0.29) is 53.3 Å². The Morgan fingerprint density at radius 2 is 1.69 bits per heavy atom. The van der Waals surface area contributed by atoms with E-state index in [1.54, 1.807) is 18.6 Å². The maximum Gasteiger partial charge on any atom is 0.261 e. The van der Waals surface area contributed by atoms with Gasteiger partial charge in [0.1, 0.15) is 17.2 Å². The molecule has 5 heterocycles. The molecule has 0 spiro atoms. The van der Waals surface area contributed by atoms with Crippen molar-refractivity contribution in [2.45, 2.75) is 121 Å². The Morgan fingerprint density at radius 3 is 2.33 bits per heavy atom. The molecule has 15 heteroatoms. The minimum atomic E-state index is -2.80. The van der Waals surface area contributed by atoms with Crippen molar-refractivity contribution < 1.29 is 31.5 Å². The van der Waals surface area contributed by atoms with E-state index in [2.05, 4.69) is 27.4 Å². The van der Waals surface area contributed by atoms with Crippen molar-refractivity contribution in [3.8, 4) is 11.3 Å². The van der Waals surface area contributed by atoms with Gasteiger partial charge in [-0.25, -0.2) is 31.9 Å². The van der Waals surface area contributed by atoms with Gasteiger partial charge in [-0.15, -0.1) is 0 Å². The highest BCUT2D eigenvalue weighted by Crippen LogP contribution is 2.50. The molecule has 2 aliphatic heterocycles. The molecule has 10 nitrogen and oxygen atoms in total. The minimum absolute atomic E-state index is 0.0546. The normalized spacial score (nSPS) is 23.4. The molecule has 0 bridgehead atoms. The number of hydrogen-bond acceptors (Lipinski definition) is 7. The number of aromatic nitrogens is 4. The van der Waals surface area contributed by atoms with Crippen molar-refractivity contribution in [2.75, 3.05) is 23.3 Å². The summed E-state index contributed by atoms with van der Waals surface area (Å²) in [6.45, 7) is 12.4. The largest absolute Gasteiger partial charge is 0.341 e. The first-order valence-electron chi connectivity index (χ1n) is 18.9. The lowest BCUT2D eigenvalue weighted by atomic mass is 9.71. The third kappa shape index (κ3) is 6.04. The molecular formula is C40H45F5N8O2. The number of benzene rings is 1. The van der Waals surface area contributed by atoms with Gasteiger partial charge in [-0.05, 0) is 98.3 Å². The highest BCUT2D eigenvalue weighted by atomic mass is 19.3. The number of piperidine rings is 1. The first-order chi connectivity index (χ1) is 25.9. The molecule has 2 saturated carbocycles. The number of rotatable bonds is 9. The van der Waals surface area contributed by atoms with Crippen LogP contribution in [-0.2, 0) is 10.2 Å².